The number of phenols is 1. The summed E-state index contributed by atoms with van der Waals surface area (Å²) in [5.41, 5.74) is 16.7. The Hall–Kier alpha value is -6.29. The topological polar surface area (TPSA) is 60.2 Å². The predicted molar refractivity (Wildman–Crippen MR) is 252 cm³/mol. The first-order chi connectivity index (χ1) is 30.2. The van der Waals surface area contributed by atoms with Crippen LogP contribution in [0.1, 0.15) is 72.9 Å². The van der Waals surface area contributed by atoms with Gasteiger partial charge in [-0.25, -0.2) is 4.98 Å². The third kappa shape index (κ3) is 7.27. The molecule has 3 aromatic heterocycles. The van der Waals surface area contributed by atoms with Crippen molar-refractivity contribution in [1.82, 2.24) is 14.5 Å². The van der Waals surface area contributed by atoms with E-state index in [1.54, 1.807) is 6.07 Å². The Kier molecular flexibility index (Phi) is 10.4. The van der Waals surface area contributed by atoms with E-state index in [0.717, 1.165) is 64.4 Å². The van der Waals surface area contributed by atoms with Crippen LogP contribution >= 0.6 is 0 Å². The summed E-state index contributed by atoms with van der Waals surface area (Å²) in [6, 6.07) is 56.4. The summed E-state index contributed by atoms with van der Waals surface area (Å²) in [7, 11) is 0. The Bertz CT molecular complexity index is 3170. The molecular formula is C57H48N3O2Pt-. The fraction of sp³-hybridized carbons (Fsp3) is 0.193. The van der Waals surface area contributed by atoms with Crippen molar-refractivity contribution < 1.29 is 30.9 Å². The Labute approximate surface area is 383 Å². The molecule has 3 heterocycles. The number of benzene rings is 6. The van der Waals surface area contributed by atoms with Crippen molar-refractivity contribution in [2.24, 2.45) is 5.41 Å². The van der Waals surface area contributed by atoms with Gasteiger partial charge in [-0.05, 0) is 134 Å². The van der Waals surface area contributed by atoms with Gasteiger partial charge < -0.3 is 14.4 Å². The van der Waals surface area contributed by atoms with Crippen molar-refractivity contribution in [1.29, 1.82) is 0 Å². The van der Waals surface area contributed by atoms with Gasteiger partial charge in [0.25, 0.3) is 0 Å². The zero-order valence-electron chi connectivity index (χ0n) is 35.9. The number of nitrogens with zero attached hydrogens (tertiary/aromatic N) is 3. The van der Waals surface area contributed by atoms with E-state index in [9.17, 15) is 5.11 Å². The molecule has 1 N–H and O–H groups in total. The molecule has 11 rings (SSSR count). The average Bonchev–Trinajstić information content (AvgIpc) is 3.94. The average molecular weight is 1000 g/mol. The summed E-state index contributed by atoms with van der Waals surface area (Å²) in [4.78, 5) is 10.1. The molecule has 314 valence electrons. The van der Waals surface area contributed by atoms with Gasteiger partial charge >= 0.3 is 0 Å². The molecule has 0 bridgehead atoms. The number of para-hydroxylation sites is 2. The van der Waals surface area contributed by atoms with Crippen LogP contribution in [-0.4, -0.2) is 19.6 Å². The van der Waals surface area contributed by atoms with Crippen LogP contribution in [-0.2, 0) is 46.7 Å². The quantitative estimate of drug-likeness (QED) is 0.154. The van der Waals surface area contributed by atoms with Crippen molar-refractivity contribution in [3.63, 3.8) is 0 Å². The standard InChI is InChI=1S/C57H48N3O2.Pt/c1-35(2)44-17-11-18-45(36(3)4)56(44)38-25-26-51-48(28-38)46-15-7-9-19-50(46)60(51)53-21-12-22-54(59-53)62-55-30-42(29-49(58-55)47-16-8-10-20-52(47)61)37-23-24-41-33-57(34-43(41)27-37)31-39-13-5-6-14-40(39)32-57;/h5-18,20-30,35-36,61H,31-34H2,1-4H3;/q-1;. The number of hydrogen-bond donors (Lipinski definition) is 1. The molecule has 2 aliphatic rings. The monoisotopic (exact) mass is 1000 g/mol. The Morgan fingerprint density at radius 1 is 0.587 bits per heavy atom. The van der Waals surface area contributed by atoms with Crippen LogP contribution in [0.4, 0.5) is 0 Å². The Morgan fingerprint density at radius 3 is 2.02 bits per heavy atom. The first kappa shape index (κ1) is 40.8. The number of fused-ring (bicyclic) bond motifs is 5. The van der Waals surface area contributed by atoms with Crippen LogP contribution in [0.2, 0.25) is 0 Å². The van der Waals surface area contributed by atoms with Crippen molar-refractivity contribution in [3.05, 3.63) is 191 Å². The minimum absolute atomic E-state index is 0. The number of ether oxygens (including phenoxy) is 1. The first-order valence-corrected chi connectivity index (χ1v) is 21.9. The second-order valence-corrected chi connectivity index (χ2v) is 18.1. The normalized spacial score (nSPS) is 13.8. The van der Waals surface area contributed by atoms with E-state index in [-0.39, 0.29) is 32.2 Å². The zero-order chi connectivity index (χ0) is 42.1. The number of aromatic nitrogens is 3. The molecule has 5 nitrogen and oxygen atoms in total. The smallest absolute Gasteiger partial charge is 0.223 e. The molecule has 0 saturated carbocycles. The third-order valence-electron chi connectivity index (χ3n) is 13.3. The molecule has 0 atom stereocenters. The van der Waals surface area contributed by atoms with Crippen LogP contribution in [0.15, 0.2) is 152 Å². The molecule has 6 aromatic carbocycles. The molecule has 6 heteroatoms. The van der Waals surface area contributed by atoms with Crippen LogP contribution in [0.5, 0.6) is 17.5 Å². The van der Waals surface area contributed by atoms with E-state index in [0.29, 0.717) is 34.9 Å². The Morgan fingerprint density at radius 2 is 1.27 bits per heavy atom. The molecule has 2 aliphatic carbocycles. The van der Waals surface area contributed by atoms with Gasteiger partial charge in [0, 0.05) is 44.3 Å². The second-order valence-electron chi connectivity index (χ2n) is 18.1. The van der Waals surface area contributed by atoms with Crippen LogP contribution in [0.25, 0.3) is 61.1 Å². The van der Waals surface area contributed by atoms with E-state index >= 15 is 0 Å². The van der Waals surface area contributed by atoms with Gasteiger partial charge in [0.2, 0.25) is 11.8 Å². The fourth-order valence-electron chi connectivity index (χ4n) is 10.5. The van der Waals surface area contributed by atoms with Gasteiger partial charge in [-0.15, -0.1) is 5.39 Å². The maximum atomic E-state index is 11.0. The minimum atomic E-state index is 0. The van der Waals surface area contributed by atoms with E-state index in [1.807, 2.05) is 48.5 Å². The van der Waals surface area contributed by atoms with Gasteiger partial charge in [0.15, 0.2) is 0 Å². The van der Waals surface area contributed by atoms with Crippen molar-refractivity contribution >= 4 is 21.8 Å². The zero-order valence-corrected chi connectivity index (χ0v) is 38.2. The van der Waals surface area contributed by atoms with Crippen LogP contribution in [0, 0.1) is 11.5 Å². The van der Waals surface area contributed by atoms with Crippen molar-refractivity contribution in [2.75, 3.05) is 0 Å². The summed E-state index contributed by atoms with van der Waals surface area (Å²) in [6.07, 6.45) is 4.42. The van der Waals surface area contributed by atoms with Crippen molar-refractivity contribution in [3.8, 4) is 56.8 Å². The molecule has 63 heavy (non-hydrogen) atoms. The van der Waals surface area contributed by atoms with Gasteiger partial charge in [-0.1, -0.05) is 124 Å². The number of aromatic hydroxyl groups is 1. The molecule has 0 saturated heterocycles. The first-order valence-electron chi connectivity index (χ1n) is 21.9. The number of rotatable bonds is 8. The molecule has 0 amide bonds. The Balaban J connectivity index is 0.00000471. The summed E-state index contributed by atoms with van der Waals surface area (Å²) >= 11 is 0. The van der Waals surface area contributed by atoms with Gasteiger partial charge in [0.1, 0.15) is 11.6 Å². The maximum absolute atomic E-state index is 11.0. The molecule has 0 aliphatic heterocycles. The van der Waals surface area contributed by atoms with E-state index in [2.05, 4.69) is 135 Å². The largest absolute Gasteiger partial charge is 0.507 e. The van der Waals surface area contributed by atoms with E-state index < -0.39 is 0 Å². The summed E-state index contributed by atoms with van der Waals surface area (Å²) in [5.74, 6) is 2.49. The van der Waals surface area contributed by atoms with Crippen molar-refractivity contribution in [2.45, 2.75) is 65.2 Å². The SMILES string of the molecule is CC(C)c1cccc(C(C)C)c1-c1ccc2c(c1)c1ccc[c-]c1n2-c1cccc(Oc2cc(-c3ccc4c(c3)CC3(Cc5ccccc5C3)C4)cc(-c3ccccc3O)n2)n1.[Pt]. The number of pyridine rings is 2. The van der Waals surface area contributed by atoms with Crippen LogP contribution < -0.4 is 4.74 Å². The summed E-state index contributed by atoms with van der Waals surface area (Å²) in [6.45, 7) is 9.10. The van der Waals surface area contributed by atoms with E-state index in [1.165, 1.54) is 44.5 Å². The third-order valence-corrected chi connectivity index (χ3v) is 13.3. The van der Waals surface area contributed by atoms with E-state index in [4.69, 9.17) is 14.7 Å². The van der Waals surface area contributed by atoms with Crippen LogP contribution in [0.3, 0.4) is 0 Å². The number of hydrogen-bond acceptors (Lipinski definition) is 4. The molecule has 1 spiro atoms. The second kappa shape index (κ2) is 16.1. The van der Waals surface area contributed by atoms with Gasteiger partial charge in [-0.2, -0.15) is 29.2 Å². The van der Waals surface area contributed by atoms with Gasteiger partial charge in [-0.3, -0.25) is 0 Å². The molecule has 0 fully saturated rings. The molecule has 9 aromatic rings. The van der Waals surface area contributed by atoms with Gasteiger partial charge in [0.05, 0.1) is 5.69 Å². The summed E-state index contributed by atoms with van der Waals surface area (Å²) < 4.78 is 8.81. The maximum Gasteiger partial charge on any atom is 0.223 e. The molecule has 0 unspecified atom stereocenters. The minimum Gasteiger partial charge on any atom is -0.507 e. The molecule has 0 radical (unpaired) electrons. The number of phenolic OH excluding ortho intramolecular Hbond substituents is 1. The summed E-state index contributed by atoms with van der Waals surface area (Å²) in [5, 5.41) is 13.3. The fourth-order valence-corrected chi connectivity index (χ4v) is 10.5. The molecular weight excluding hydrogens is 954 g/mol. The predicted octanol–water partition coefficient (Wildman–Crippen LogP) is 14.0.